The fourth-order valence-electron chi connectivity index (χ4n) is 1.77. The summed E-state index contributed by atoms with van der Waals surface area (Å²) in [6.07, 6.45) is 7.01. The first kappa shape index (κ1) is 15.7. The molecule has 2 aromatic rings. The van der Waals surface area contributed by atoms with Crippen molar-refractivity contribution in [2.45, 2.75) is 19.8 Å². The molecule has 0 saturated heterocycles. The summed E-state index contributed by atoms with van der Waals surface area (Å²) in [6, 6.07) is 9.14. The Morgan fingerprint density at radius 3 is 2.68 bits per heavy atom. The highest BCUT2D eigenvalue weighted by Gasteiger charge is 2.04. The topological polar surface area (TPSA) is 72.3 Å². The van der Waals surface area contributed by atoms with Crippen molar-refractivity contribution in [2.24, 2.45) is 0 Å². The van der Waals surface area contributed by atoms with Crippen LogP contribution in [-0.4, -0.2) is 27.7 Å². The van der Waals surface area contributed by atoms with Crippen LogP contribution < -0.4 is 4.74 Å². The molecule has 0 aliphatic carbocycles. The van der Waals surface area contributed by atoms with Gasteiger partial charge in [0.15, 0.2) is 5.69 Å². The van der Waals surface area contributed by atoms with Gasteiger partial charge in [-0.25, -0.2) is 14.8 Å². The maximum absolute atomic E-state index is 10.8. The Morgan fingerprint density at radius 1 is 1.23 bits per heavy atom. The monoisotopic (exact) mass is 298 g/mol. The zero-order valence-electron chi connectivity index (χ0n) is 12.4. The average molecular weight is 298 g/mol. The summed E-state index contributed by atoms with van der Waals surface area (Å²) in [4.78, 5) is 18.5. The number of hydrogen-bond acceptors (Lipinski definition) is 4. The van der Waals surface area contributed by atoms with Gasteiger partial charge in [-0.05, 0) is 36.3 Å². The minimum atomic E-state index is -1.06. The van der Waals surface area contributed by atoms with Gasteiger partial charge in [0.2, 0.25) is 0 Å². The van der Waals surface area contributed by atoms with Gasteiger partial charge in [0.25, 0.3) is 0 Å². The fourth-order valence-corrected chi connectivity index (χ4v) is 1.77. The van der Waals surface area contributed by atoms with E-state index in [0.717, 1.165) is 30.8 Å². The maximum Gasteiger partial charge on any atom is 0.354 e. The fraction of sp³-hybridized carbons (Fsp3) is 0.235. The summed E-state index contributed by atoms with van der Waals surface area (Å²) < 4.78 is 5.60. The number of aromatic nitrogens is 2. The van der Waals surface area contributed by atoms with Crippen molar-refractivity contribution in [3.8, 4) is 5.75 Å². The minimum Gasteiger partial charge on any atom is -0.494 e. The molecule has 0 amide bonds. The molecule has 0 saturated carbocycles. The van der Waals surface area contributed by atoms with Crippen molar-refractivity contribution < 1.29 is 14.6 Å². The van der Waals surface area contributed by atoms with Gasteiger partial charge >= 0.3 is 5.97 Å². The molecule has 0 atom stereocenters. The Bertz CT molecular complexity index is 651. The number of rotatable bonds is 7. The van der Waals surface area contributed by atoms with Crippen LogP contribution in [0.4, 0.5) is 0 Å². The van der Waals surface area contributed by atoms with Gasteiger partial charge in [0.1, 0.15) is 12.1 Å². The first-order valence-corrected chi connectivity index (χ1v) is 7.15. The Hall–Kier alpha value is -2.69. The van der Waals surface area contributed by atoms with Gasteiger partial charge in [-0.15, -0.1) is 0 Å². The lowest BCUT2D eigenvalue weighted by molar-refractivity contribution is 0.0690. The number of carbonyl (C=O) groups is 1. The maximum atomic E-state index is 10.8. The van der Waals surface area contributed by atoms with Crippen molar-refractivity contribution in [3.63, 3.8) is 0 Å². The molecule has 1 aromatic heterocycles. The lowest BCUT2D eigenvalue weighted by atomic mass is 10.2. The van der Waals surface area contributed by atoms with Crippen LogP contribution >= 0.6 is 0 Å². The molecule has 0 radical (unpaired) electrons. The molecule has 0 aliphatic rings. The number of carboxylic acids is 1. The van der Waals surface area contributed by atoms with E-state index in [0.29, 0.717) is 5.69 Å². The van der Waals surface area contributed by atoms with Gasteiger partial charge in [0, 0.05) is 0 Å². The number of hydrogen-bond donors (Lipinski definition) is 1. The van der Waals surface area contributed by atoms with Crippen LogP contribution in [0.3, 0.4) is 0 Å². The van der Waals surface area contributed by atoms with Crippen LogP contribution in [0.1, 0.15) is 41.5 Å². The molecule has 1 aromatic carbocycles. The Labute approximate surface area is 129 Å². The number of unbranched alkanes of at least 4 members (excludes halogenated alkanes) is 1. The first-order chi connectivity index (χ1) is 10.7. The van der Waals surface area contributed by atoms with Crippen LogP contribution in [0.25, 0.3) is 12.2 Å². The van der Waals surface area contributed by atoms with Gasteiger partial charge in [-0.2, -0.15) is 0 Å². The molecule has 22 heavy (non-hydrogen) atoms. The van der Waals surface area contributed by atoms with Crippen molar-refractivity contribution in [1.82, 2.24) is 9.97 Å². The second-order valence-electron chi connectivity index (χ2n) is 4.74. The number of aromatic carboxylic acids is 1. The largest absolute Gasteiger partial charge is 0.494 e. The zero-order chi connectivity index (χ0) is 15.8. The average Bonchev–Trinajstić information content (AvgIpc) is 2.54. The summed E-state index contributed by atoms with van der Waals surface area (Å²) >= 11 is 0. The molecule has 0 bridgehead atoms. The van der Waals surface area contributed by atoms with Gasteiger partial charge in [0.05, 0.1) is 12.3 Å². The van der Waals surface area contributed by atoms with Crippen molar-refractivity contribution >= 4 is 18.1 Å². The number of nitrogens with zero attached hydrogens (tertiary/aromatic N) is 2. The number of carboxylic acid groups (broad SMARTS) is 1. The molecular weight excluding hydrogens is 280 g/mol. The summed E-state index contributed by atoms with van der Waals surface area (Å²) in [7, 11) is 0. The highest BCUT2D eigenvalue weighted by molar-refractivity contribution is 5.86. The minimum absolute atomic E-state index is 0.0191. The van der Waals surface area contributed by atoms with E-state index < -0.39 is 5.97 Å². The highest BCUT2D eigenvalue weighted by Crippen LogP contribution is 2.14. The van der Waals surface area contributed by atoms with Crippen molar-refractivity contribution in [1.29, 1.82) is 0 Å². The first-order valence-electron chi connectivity index (χ1n) is 7.15. The molecule has 5 heteroatoms. The molecule has 0 spiro atoms. The molecule has 0 unspecified atom stereocenters. The second-order valence-corrected chi connectivity index (χ2v) is 4.74. The van der Waals surface area contributed by atoms with Crippen LogP contribution in [0.5, 0.6) is 5.75 Å². The van der Waals surface area contributed by atoms with E-state index in [1.54, 1.807) is 6.08 Å². The third-order valence-electron chi connectivity index (χ3n) is 3.00. The zero-order valence-corrected chi connectivity index (χ0v) is 12.4. The highest BCUT2D eigenvalue weighted by atomic mass is 16.5. The van der Waals surface area contributed by atoms with E-state index >= 15 is 0 Å². The van der Waals surface area contributed by atoms with Gasteiger partial charge in [-0.1, -0.05) is 31.6 Å². The summed E-state index contributed by atoms with van der Waals surface area (Å²) in [5.41, 5.74) is 1.52. The quantitative estimate of drug-likeness (QED) is 0.792. The Balaban J connectivity index is 2.01. The Morgan fingerprint density at radius 2 is 2.00 bits per heavy atom. The van der Waals surface area contributed by atoms with Crippen LogP contribution in [0, 0.1) is 0 Å². The smallest absolute Gasteiger partial charge is 0.354 e. The van der Waals surface area contributed by atoms with E-state index in [1.165, 1.54) is 12.4 Å². The van der Waals surface area contributed by atoms with Crippen LogP contribution in [0.2, 0.25) is 0 Å². The predicted molar refractivity (Wildman–Crippen MR) is 84.8 cm³/mol. The molecule has 1 heterocycles. The summed E-state index contributed by atoms with van der Waals surface area (Å²) in [5, 5.41) is 8.89. The molecule has 1 N–H and O–H groups in total. The molecular formula is C17H18N2O3. The lowest BCUT2D eigenvalue weighted by Gasteiger charge is -2.05. The molecule has 2 rings (SSSR count). The van der Waals surface area contributed by atoms with Crippen molar-refractivity contribution in [2.75, 3.05) is 6.61 Å². The van der Waals surface area contributed by atoms with E-state index in [2.05, 4.69) is 16.9 Å². The van der Waals surface area contributed by atoms with Crippen molar-refractivity contribution in [3.05, 3.63) is 53.6 Å². The lowest BCUT2D eigenvalue weighted by Crippen LogP contribution is -2.00. The summed E-state index contributed by atoms with van der Waals surface area (Å²) in [5.74, 6) is -0.216. The SMILES string of the molecule is CCCCOc1ccc(/C=C/c2cc(C(=O)O)ncn2)cc1. The molecule has 0 aliphatic heterocycles. The van der Waals surface area contributed by atoms with E-state index in [1.807, 2.05) is 30.3 Å². The second kappa shape index (κ2) is 7.93. The Kier molecular flexibility index (Phi) is 5.65. The number of benzene rings is 1. The summed E-state index contributed by atoms with van der Waals surface area (Å²) in [6.45, 7) is 2.85. The third-order valence-corrected chi connectivity index (χ3v) is 3.00. The molecule has 114 valence electrons. The van der Waals surface area contributed by atoms with Gasteiger partial charge in [-0.3, -0.25) is 0 Å². The number of ether oxygens (including phenoxy) is 1. The normalized spacial score (nSPS) is 10.8. The third kappa shape index (κ3) is 4.70. The van der Waals surface area contributed by atoms with E-state index in [-0.39, 0.29) is 5.69 Å². The molecule has 5 nitrogen and oxygen atoms in total. The van der Waals surface area contributed by atoms with E-state index in [4.69, 9.17) is 9.84 Å². The predicted octanol–water partition coefficient (Wildman–Crippen LogP) is 3.52. The van der Waals surface area contributed by atoms with Gasteiger partial charge < -0.3 is 9.84 Å². The van der Waals surface area contributed by atoms with Crippen LogP contribution in [-0.2, 0) is 0 Å². The standard InChI is InChI=1S/C17H18N2O3/c1-2-3-10-22-15-8-5-13(6-9-15)4-7-14-11-16(17(20)21)19-12-18-14/h4-9,11-12H,2-3,10H2,1H3,(H,20,21)/b7-4+. The molecule has 0 fully saturated rings. The van der Waals surface area contributed by atoms with E-state index in [9.17, 15) is 4.79 Å². The van der Waals surface area contributed by atoms with Crippen LogP contribution in [0.15, 0.2) is 36.7 Å².